The lowest BCUT2D eigenvalue weighted by atomic mass is 9.93. The number of piperidine rings is 2. The van der Waals surface area contributed by atoms with E-state index < -0.39 is 11.4 Å². The van der Waals surface area contributed by atoms with Crippen molar-refractivity contribution < 1.29 is 13.9 Å². The lowest BCUT2D eigenvalue weighted by Gasteiger charge is -2.42. The number of carbonyl (C=O) groups is 1. The van der Waals surface area contributed by atoms with Gasteiger partial charge in [0.25, 0.3) is 0 Å². The SMILES string of the molecule is CC(C)(C)OC(=O)NCC1CCN(C2CCN(c3ccc4[nH]c(=O)oc4c3)CC2)CC1. The Labute approximate surface area is 182 Å². The maximum atomic E-state index is 11.9. The first kappa shape index (κ1) is 21.7. The van der Waals surface area contributed by atoms with E-state index in [1.807, 2.05) is 32.9 Å². The number of amides is 1. The third-order valence-electron chi connectivity index (χ3n) is 6.33. The number of benzene rings is 1. The number of aromatic amines is 1. The number of carbonyl (C=O) groups excluding carboxylic acids is 1. The molecule has 0 unspecified atom stereocenters. The minimum atomic E-state index is -0.455. The van der Waals surface area contributed by atoms with Crippen molar-refractivity contribution in [3.63, 3.8) is 0 Å². The lowest BCUT2D eigenvalue weighted by Crippen LogP contribution is -2.48. The van der Waals surface area contributed by atoms with Gasteiger partial charge in [-0.1, -0.05) is 0 Å². The van der Waals surface area contributed by atoms with Gasteiger partial charge in [-0.3, -0.25) is 4.98 Å². The van der Waals surface area contributed by atoms with Crippen molar-refractivity contribution in [2.24, 2.45) is 5.92 Å². The summed E-state index contributed by atoms with van der Waals surface area (Å²) in [7, 11) is 0. The quantitative estimate of drug-likeness (QED) is 0.773. The molecule has 1 aromatic carbocycles. The highest BCUT2D eigenvalue weighted by molar-refractivity contribution is 5.77. The summed E-state index contributed by atoms with van der Waals surface area (Å²) >= 11 is 0. The van der Waals surface area contributed by atoms with Crippen LogP contribution in [0.3, 0.4) is 0 Å². The third kappa shape index (κ3) is 5.61. The molecular weight excluding hydrogens is 396 g/mol. The van der Waals surface area contributed by atoms with Crippen molar-refractivity contribution in [1.82, 2.24) is 15.2 Å². The molecule has 8 heteroatoms. The molecule has 0 radical (unpaired) electrons. The van der Waals surface area contributed by atoms with Crippen LogP contribution in [0.2, 0.25) is 0 Å². The summed E-state index contributed by atoms with van der Waals surface area (Å²) in [6.45, 7) is 10.5. The van der Waals surface area contributed by atoms with E-state index in [2.05, 4.69) is 26.2 Å². The van der Waals surface area contributed by atoms with Gasteiger partial charge in [0.15, 0.2) is 5.58 Å². The molecule has 8 nitrogen and oxygen atoms in total. The van der Waals surface area contributed by atoms with Gasteiger partial charge in [0.2, 0.25) is 0 Å². The second kappa shape index (κ2) is 8.94. The summed E-state index contributed by atoms with van der Waals surface area (Å²) in [5.41, 5.74) is 2.02. The van der Waals surface area contributed by atoms with Crippen LogP contribution in [-0.2, 0) is 4.74 Å². The molecule has 0 aliphatic carbocycles. The number of anilines is 1. The van der Waals surface area contributed by atoms with Gasteiger partial charge >= 0.3 is 11.8 Å². The molecule has 1 aromatic heterocycles. The minimum absolute atomic E-state index is 0.320. The van der Waals surface area contributed by atoms with Crippen LogP contribution in [0.1, 0.15) is 46.5 Å². The number of nitrogens with one attached hydrogen (secondary N) is 2. The number of likely N-dealkylation sites (tertiary alicyclic amines) is 1. The Kier molecular flexibility index (Phi) is 6.27. The van der Waals surface area contributed by atoms with Crippen molar-refractivity contribution >= 4 is 22.9 Å². The molecule has 2 aromatic rings. The lowest BCUT2D eigenvalue weighted by molar-refractivity contribution is 0.0502. The van der Waals surface area contributed by atoms with Gasteiger partial charge in [-0.05, 0) is 77.6 Å². The van der Waals surface area contributed by atoms with Crippen LogP contribution in [-0.4, -0.2) is 60.3 Å². The Bertz CT molecular complexity index is 944. The van der Waals surface area contributed by atoms with E-state index in [0.717, 1.165) is 63.1 Å². The number of rotatable bonds is 4. The highest BCUT2D eigenvalue weighted by Gasteiger charge is 2.29. The first-order chi connectivity index (χ1) is 14.8. The number of H-pyrrole nitrogens is 1. The van der Waals surface area contributed by atoms with Crippen molar-refractivity contribution in [2.75, 3.05) is 37.6 Å². The average molecular weight is 431 g/mol. The van der Waals surface area contributed by atoms with Crippen molar-refractivity contribution in [1.29, 1.82) is 0 Å². The van der Waals surface area contributed by atoms with Gasteiger partial charge in [0.1, 0.15) is 5.60 Å². The number of fused-ring (bicyclic) bond motifs is 1. The number of aromatic nitrogens is 1. The molecule has 0 spiro atoms. The van der Waals surface area contributed by atoms with Gasteiger partial charge in [0, 0.05) is 37.4 Å². The van der Waals surface area contributed by atoms with Gasteiger partial charge < -0.3 is 24.3 Å². The predicted molar refractivity (Wildman–Crippen MR) is 121 cm³/mol. The fourth-order valence-electron chi connectivity index (χ4n) is 4.68. The van der Waals surface area contributed by atoms with E-state index in [9.17, 15) is 9.59 Å². The zero-order valence-corrected chi connectivity index (χ0v) is 18.8. The Balaban J connectivity index is 1.21. The highest BCUT2D eigenvalue weighted by atomic mass is 16.6. The van der Waals surface area contributed by atoms with Crippen molar-refractivity contribution in [3.8, 4) is 0 Å². The van der Waals surface area contributed by atoms with E-state index >= 15 is 0 Å². The fourth-order valence-corrected chi connectivity index (χ4v) is 4.68. The largest absolute Gasteiger partial charge is 0.444 e. The summed E-state index contributed by atoms with van der Waals surface area (Å²) in [5, 5.41) is 2.93. The Morgan fingerprint density at radius 2 is 1.87 bits per heavy atom. The van der Waals surface area contributed by atoms with E-state index in [1.54, 1.807) is 0 Å². The molecule has 3 heterocycles. The zero-order chi connectivity index (χ0) is 22.0. The predicted octanol–water partition coefficient (Wildman–Crippen LogP) is 3.33. The molecule has 2 aliphatic rings. The Morgan fingerprint density at radius 1 is 1.16 bits per heavy atom. The molecule has 1 amide bonds. The number of nitrogens with zero attached hydrogens (tertiary/aromatic N) is 2. The maximum absolute atomic E-state index is 11.9. The molecule has 0 atom stereocenters. The summed E-state index contributed by atoms with van der Waals surface area (Å²) in [6.07, 6.45) is 4.17. The Morgan fingerprint density at radius 3 is 2.55 bits per heavy atom. The van der Waals surface area contributed by atoms with Crippen LogP contribution in [0.15, 0.2) is 27.4 Å². The third-order valence-corrected chi connectivity index (χ3v) is 6.33. The number of alkyl carbamates (subject to hydrolysis) is 1. The first-order valence-electron chi connectivity index (χ1n) is 11.4. The minimum Gasteiger partial charge on any atom is -0.444 e. The molecule has 0 bridgehead atoms. The summed E-state index contributed by atoms with van der Waals surface area (Å²) < 4.78 is 10.5. The van der Waals surface area contributed by atoms with E-state index in [0.29, 0.717) is 24.1 Å². The van der Waals surface area contributed by atoms with Crippen LogP contribution in [0.4, 0.5) is 10.5 Å². The van der Waals surface area contributed by atoms with Crippen LogP contribution in [0.25, 0.3) is 11.1 Å². The monoisotopic (exact) mass is 430 g/mol. The topological polar surface area (TPSA) is 90.8 Å². The standard InChI is InChI=1S/C23H34N4O4/c1-23(2,3)31-21(28)24-15-16-6-10-26(11-7-16)17-8-12-27(13-9-17)18-4-5-19-20(14-18)30-22(29)25-19/h4-5,14,16-17H,6-13,15H2,1-3H3,(H,24,28)(H,25,29). The molecule has 170 valence electrons. The van der Waals surface area contributed by atoms with E-state index in [4.69, 9.17) is 9.15 Å². The highest BCUT2D eigenvalue weighted by Crippen LogP contribution is 2.27. The van der Waals surface area contributed by atoms with Crippen LogP contribution in [0, 0.1) is 5.92 Å². The van der Waals surface area contributed by atoms with Gasteiger partial charge in [-0.2, -0.15) is 0 Å². The van der Waals surface area contributed by atoms with E-state index in [-0.39, 0.29) is 6.09 Å². The number of ether oxygens (including phenoxy) is 1. The zero-order valence-electron chi connectivity index (χ0n) is 18.8. The average Bonchev–Trinajstić information content (AvgIpc) is 3.11. The normalized spacial score (nSPS) is 19.6. The second-order valence-electron chi connectivity index (χ2n) is 9.78. The van der Waals surface area contributed by atoms with Gasteiger partial charge in [-0.15, -0.1) is 0 Å². The molecule has 2 aliphatic heterocycles. The number of oxazole rings is 1. The van der Waals surface area contributed by atoms with Crippen LogP contribution < -0.4 is 16.0 Å². The van der Waals surface area contributed by atoms with Crippen LogP contribution in [0.5, 0.6) is 0 Å². The molecule has 31 heavy (non-hydrogen) atoms. The second-order valence-corrected chi connectivity index (χ2v) is 9.78. The Hall–Kier alpha value is -2.48. The summed E-state index contributed by atoms with van der Waals surface area (Å²) in [4.78, 5) is 30.9. The van der Waals surface area contributed by atoms with E-state index in [1.165, 1.54) is 0 Å². The van der Waals surface area contributed by atoms with Crippen molar-refractivity contribution in [2.45, 2.75) is 58.1 Å². The van der Waals surface area contributed by atoms with Crippen molar-refractivity contribution in [3.05, 3.63) is 28.7 Å². The molecule has 2 N–H and O–H groups in total. The molecule has 4 rings (SSSR count). The molecule has 2 saturated heterocycles. The summed E-state index contributed by atoms with van der Waals surface area (Å²) in [5.74, 6) is 0.113. The first-order valence-corrected chi connectivity index (χ1v) is 11.4. The molecule has 2 fully saturated rings. The van der Waals surface area contributed by atoms with Gasteiger partial charge in [-0.25, -0.2) is 9.59 Å². The fraction of sp³-hybridized carbons (Fsp3) is 0.652. The number of hydrogen-bond donors (Lipinski definition) is 2. The number of hydrogen-bond acceptors (Lipinski definition) is 6. The molecular formula is C23H34N4O4. The summed E-state index contributed by atoms with van der Waals surface area (Å²) in [6, 6.07) is 6.54. The molecule has 0 saturated carbocycles. The smallest absolute Gasteiger partial charge is 0.417 e. The van der Waals surface area contributed by atoms with Gasteiger partial charge in [0.05, 0.1) is 5.52 Å². The van der Waals surface area contributed by atoms with Crippen LogP contribution >= 0.6 is 0 Å². The maximum Gasteiger partial charge on any atom is 0.417 e.